The Hall–Kier alpha value is -3.86. The Morgan fingerprint density at radius 2 is 1.55 bits per heavy atom. The minimum absolute atomic E-state index is 0.365. The van der Waals surface area contributed by atoms with Crippen molar-refractivity contribution in [1.29, 1.82) is 0 Å². The maximum atomic E-state index is 12.5. The van der Waals surface area contributed by atoms with Crippen LogP contribution in [0.5, 0.6) is 5.75 Å². The molecule has 3 aromatic carbocycles. The van der Waals surface area contributed by atoms with E-state index >= 15 is 0 Å². The molecule has 0 aromatic heterocycles. The molecule has 0 spiro atoms. The fourth-order valence-electron chi connectivity index (χ4n) is 3.03. The summed E-state index contributed by atoms with van der Waals surface area (Å²) in [5.41, 5.74) is 3.84. The Morgan fingerprint density at radius 3 is 2.19 bits per heavy atom. The first-order valence-corrected chi connectivity index (χ1v) is 9.95. The van der Waals surface area contributed by atoms with Gasteiger partial charge in [0.05, 0.1) is 13.2 Å². The van der Waals surface area contributed by atoms with Gasteiger partial charge in [-0.15, -0.1) is 0 Å². The minimum atomic E-state index is -0.573. The molecular formula is C26H25NO4. The number of benzene rings is 3. The van der Waals surface area contributed by atoms with E-state index in [9.17, 15) is 9.59 Å². The monoisotopic (exact) mass is 415 g/mol. The molecule has 0 saturated heterocycles. The van der Waals surface area contributed by atoms with E-state index in [1.54, 1.807) is 13.2 Å². The zero-order valence-electron chi connectivity index (χ0n) is 17.6. The van der Waals surface area contributed by atoms with Crippen LogP contribution >= 0.6 is 0 Å². The van der Waals surface area contributed by atoms with Gasteiger partial charge in [0.1, 0.15) is 5.75 Å². The van der Waals surface area contributed by atoms with Crippen molar-refractivity contribution in [2.24, 2.45) is 0 Å². The van der Waals surface area contributed by atoms with Crippen LogP contribution in [0.2, 0.25) is 0 Å². The van der Waals surface area contributed by atoms with Crippen molar-refractivity contribution in [2.45, 2.75) is 13.0 Å². The van der Waals surface area contributed by atoms with Crippen molar-refractivity contribution >= 4 is 18.0 Å². The molecule has 31 heavy (non-hydrogen) atoms. The van der Waals surface area contributed by atoms with E-state index in [1.807, 2.05) is 85.8 Å². The van der Waals surface area contributed by atoms with E-state index in [-0.39, 0.29) is 18.6 Å². The maximum Gasteiger partial charge on any atom is 0.331 e. The van der Waals surface area contributed by atoms with Gasteiger partial charge < -0.3 is 14.8 Å². The smallest absolute Gasteiger partial charge is 0.331 e. The zero-order chi connectivity index (χ0) is 22.1. The molecule has 158 valence electrons. The highest BCUT2D eigenvalue weighted by atomic mass is 16.5. The Morgan fingerprint density at radius 1 is 0.903 bits per heavy atom. The number of hydrogen-bond acceptors (Lipinski definition) is 4. The predicted octanol–water partition coefficient (Wildman–Crippen LogP) is 4.47. The molecule has 3 aromatic rings. The van der Waals surface area contributed by atoms with Crippen LogP contribution in [0.4, 0.5) is 0 Å². The molecule has 0 aliphatic rings. The van der Waals surface area contributed by atoms with E-state index in [4.69, 9.17) is 9.47 Å². The van der Waals surface area contributed by atoms with E-state index < -0.39 is 5.97 Å². The number of ether oxygens (including phenoxy) is 2. The van der Waals surface area contributed by atoms with E-state index in [0.717, 1.165) is 28.0 Å². The summed E-state index contributed by atoms with van der Waals surface area (Å²) < 4.78 is 10.3. The highest BCUT2D eigenvalue weighted by molar-refractivity contribution is 5.89. The molecule has 5 heteroatoms. The summed E-state index contributed by atoms with van der Waals surface area (Å²) in [6.45, 7) is 1.63. The van der Waals surface area contributed by atoms with Gasteiger partial charge in [0, 0.05) is 6.08 Å². The molecule has 0 bridgehead atoms. The number of aryl methyl sites for hydroxylation is 1. The second-order valence-electron chi connectivity index (χ2n) is 7.04. The largest absolute Gasteiger partial charge is 0.497 e. The molecule has 1 amide bonds. The second-order valence-corrected chi connectivity index (χ2v) is 7.04. The Labute approximate surface area is 182 Å². The quantitative estimate of drug-likeness (QED) is 0.436. The third kappa shape index (κ3) is 6.57. The van der Waals surface area contributed by atoms with Gasteiger partial charge in [-0.2, -0.15) is 0 Å². The average Bonchev–Trinajstić information content (AvgIpc) is 2.81. The minimum Gasteiger partial charge on any atom is -0.497 e. The van der Waals surface area contributed by atoms with Crippen molar-refractivity contribution in [2.75, 3.05) is 13.7 Å². The molecule has 0 heterocycles. The van der Waals surface area contributed by atoms with E-state index in [2.05, 4.69) is 5.32 Å². The van der Waals surface area contributed by atoms with Gasteiger partial charge in [0.2, 0.25) is 0 Å². The van der Waals surface area contributed by atoms with Gasteiger partial charge in [-0.25, -0.2) is 4.79 Å². The summed E-state index contributed by atoms with van der Waals surface area (Å²) in [5.74, 6) is -0.227. The number of methoxy groups -OCH3 is 1. The van der Waals surface area contributed by atoms with Crippen LogP contribution in [0.25, 0.3) is 6.08 Å². The van der Waals surface area contributed by atoms with Gasteiger partial charge in [-0.05, 0) is 41.8 Å². The number of esters is 1. The third-order valence-electron chi connectivity index (χ3n) is 4.72. The molecule has 1 N–H and O–H groups in total. The van der Waals surface area contributed by atoms with E-state index in [0.29, 0.717) is 0 Å². The first kappa shape index (κ1) is 21.8. The van der Waals surface area contributed by atoms with E-state index in [1.165, 1.54) is 6.08 Å². The van der Waals surface area contributed by atoms with Gasteiger partial charge in [0.15, 0.2) is 6.61 Å². The SMILES string of the molecule is COc1ccc([C@@H](NC(=O)COC(=O)/C=C/c2ccc(C)cc2)c2ccccc2)cc1. The second kappa shape index (κ2) is 10.8. The maximum absolute atomic E-state index is 12.5. The van der Waals surface area contributed by atoms with Crippen molar-refractivity contribution in [3.05, 3.63) is 107 Å². The number of hydrogen-bond donors (Lipinski definition) is 1. The lowest BCUT2D eigenvalue weighted by molar-refractivity contribution is -0.143. The van der Waals surface area contributed by atoms with Crippen LogP contribution in [0, 0.1) is 6.92 Å². The molecule has 3 rings (SSSR count). The average molecular weight is 415 g/mol. The van der Waals surface area contributed by atoms with Crippen LogP contribution in [-0.2, 0) is 14.3 Å². The number of nitrogens with one attached hydrogen (secondary N) is 1. The first-order chi connectivity index (χ1) is 15.0. The third-order valence-corrected chi connectivity index (χ3v) is 4.72. The lowest BCUT2D eigenvalue weighted by Gasteiger charge is -2.20. The number of carbonyl (C=O) groups excluding carboxylic acids is 2. The fourth-order valence-corrected chi connectivity index (χ4v) is 3.03. The van der Waals surface area contributed by atoms with Crippen molar-refractivity contribution < 1.29 is 19.1 Å². The molecule has 0 unspecified atom stereocenters. The molecule has 1 atom stereocenters. The highest BCUT2D eigenvalue weighted by Crippen LogP contribution is 2.24. The van der Waals surface area contributed by atoms with Crippen LogP contribution in [0.15, 0.2) is 84.9 Å². The van der Waals surface area contributed by atoms with Crippen LogP contribution in [-0.4, -0.2) is 25.6 Å². The van der Waals surface area contributed by atoms with Gasteiger partial charge in [0.25, 0.3) is 5.91 Å². The molecule has 0 fully saturated rings. The summed E-state index contributed by atoms with van der Waals surface area (Å²) in [6, 6.07) is 24.4. The van der Waals surface area contributed by atoms with Crippen LogP contribution in [0.1, 0.15) is 28.3 Å². The van der Waals surface area contributed by atoms with Gasteiger partial charge in [-0.3, -0.25) is 4.79 Å². The summed E-state index contributed by atoms with van der Waals surface area (Å²) >= 11 is 0. The molecular weight excluding hydrogens is 390 g/mol. The Balaban J connectivity index is 1.62. The number of carbonyl (C=O) groups is 2. The highest BCUT2D eigenvalue weighted by Gasteiger charge is 2.17. The number of amides is 1. The fraction of sp³-hybridized carbons (Fsp3) is 0.154. The van der Waals surface area contributed by atoms with Crippen molar-refractivity contribution in [3.8, 4) is 5.75 Å². The van der Waals surface area contributed by atoms with Crippen molar-refractivity contribution in [3.63, 3.8) is 0 Å². The summed E-state index contributed by atoms with van der Waals surface area (Å²) in [5, 5.41) is 2.94. The van der Waals surface area contributed by atoms with Crippen molar-refractivity contribution in [1.82, 2.24) is 5.32 Å². The topological polar surface area (TPSA) is 64.6 Å². The summed E-state index contributed by atoms with van der Waals surface area (Å²) in [6.07, 6.45) is 2.97. The molecule has 0 aliphatic carbocycles. The zero-order valence-corrected chi connectivity index (χ0v) is 17.6. The molecule has 0 aliphatic heterocycles. The van der Waals surface area contributed by atoms with Gasteiger partial charge in [-0.1, -0.05) is 72.3 Å². The standard InChI is InChI=1S/C26H25NO4/c1-19-8-10-20(11-9-19)12-17-25(29)31-18-24(28)27-26(21-6-4-3-5-7-21)22-13-15-23(30-2)16-14-22/h3-17,26H,18H2,1-2H3,(H,27,28)/b17-12+/t26-/m0/s1. The molecule has 0 radical (unpaired) electrons. The molecule has 0 saturated carbocycles. The van der Waals surface area contributed by atoms with Gasteiger partial charge >= 0.3 is 5.97 Å². The van der Waals surface area contributed by atoms with Crippen LogP contribution in [0.3, 0.4) is 0 Å². The predicted molar refractivity (Wildman–Crippen MR) is 121 cm³/mol. The lowest BCUT2D eigenvalue weighted by Crippen LogP contribution is -2.32. The summed E-state index contributed by atoms with van der Waals surface area (Å²) in [7, 11) is 1.60. The Kier molecular flexibility index (Phi) is 7.60. The first-order valence-electron chi connectivity index (χ1n) is 9.95. The lowest BCUT2D eigenvalue weighted by atomic mass is 9.98. The molecule has 5 nitrogen and oxygen atoms in total. The normalized spacial score (nSPS) is 11.7. The Bertz CT molecular complexity index is 1030. The van der Waals surface area contributed by atoms with Crippen LogP contribution < -0.4 is 10.1 Å². The summed E-state index contributed by atoms with van der Waals surface area (Å²) in [4.78, 5) is 24.5. The number of rotatable bonds is 8.